The maximum absolute atomic E-state index is 11.8. The number of hydrogen-bond donors (Lipinski definition) is 0. The van der Waals surface area contributed by atoms with Crippen LogP contribution in [0.15, 0.2) is 18.2 Å². The monoisotopic (exact) mass is 317 g/mol. The molecule has 0 saturated carbocycles. The third kappa shape index (κ3) is 4.65. The van der Waals surface area contributed by atoms with Gasteiger partial charge in [0.1, 0.15) is 0 Å². The van der Waals surface area contributed by atoms with Crippen LogP contribution in [0.1, 0.15) is 38.8 Å². The van der Waals surface area contributed by atoms with E-state index in [9.17, 15) is 4.79 Å². The first kappa shape index (κ1) is 17.3. The predicted molar refractivity (Wildman–Crippen MR) is 83.4 cm³/mol. The Hall–Kier alpha value is -0.770. The van der Waals surface area contributed by atoms with E-state index in [2.05, 4.69) is 18.7 Å². The largest absolute Gasteiger partial charge is 0.466 e. The highest BCUT2D eigenvalue weighted by molar-refractivity contribution is 6.35. The Bertz CT molecular complexity index is 447. The highest BCUT2D eigenvalue weighted by Crippen LogP contribution is 2.32. The topological polar surface area (TPSA) is 29.5 Å². The van der Waals surface area contributed by atoms with Crippen LogP contribution in [0.25, 0.3) is 0 Å². The molecule has 0 radical (unpaired) electrons. The molecule has 0 amide bonds. The fourth-order valence-corrected chi connectivity index (χ4v) is 2.78. The van der Waals surface area contributed by atoms with Crippen LogP contribution in [0.3, 0.4) is 0 Å². The van der Waals surface area contributed by atoms with E-state index in [1.54, 1.807) is 19.1 Å². The zero-order valence-corrected chi connectivity index (χ0v) is 13.7. The first-order valence-electron chi connectivity index (χ1n) is 6.88. The molecule has 0 bridgehead atoms. The third-order valence-corrected chi connectivity index (χ3v) is 3.80. The number of esters is 1. The lowest BCUT2D eigenvalue weighted by Gasteiger charge is -2.30. The normalized spacial score (nSPS) is 12.5. The molecule has 0 N–H and O–H groups in total. The van der Waals surface area contributed by atoms with E-state index >= 15 is 0 Å². The van der Waals surface area contributed by atoms with Crippen molar-refractivity contribution in [2.45, 2.75) is 33.2 Å². The van der Waals surface area contributed by atoms with Gasteiger partial charge in [-0.2, -0.15) is 0 Å². The molecule has 1 rings (SSSR count). The van der Waals surface area contributed by atoms with Crippen molar-refractivity contribution in [1.82, 2.24) is 4.90 Å². The second-order valence-corrected chi connectivity index (χ2v) is 5.26. The Morgan fingerprint density at radius 1 is 1.25 bits per heavy atom. The molecule has 1 aromatic carbocycles. The summed E-state index contributed by atoms with van der Waals surface area (Å²) in [5.41, 5.74) is 0.910. The minimum absolute atomic E-state index is 0.0891. The van der Waals surface area contributed by atoms with Crippen molar-refractivity contribution in [2.24, 2.45) is 0 Å². The molecule has 0 spiro atoms. The summed E-state index contributed by atoms with van der Waals surface area (Å²) in [6, 6.07) is 5.30. The number of carbonyl (C=O) groups excluding carboxylic acids is 1. The number of halogens is 2. The van der Waals surface area contributed by atoms with Crippen LogP contribution in [0.5, 0.6) is 0 Å². The van der Waals surface area contributed by atoms with Crippen LogP contribution in [0.2, 0.25) is 10.0 Å². The minimum atomic E-state index is -0.213. The number of nitrogens with zero attached hydrogens (tertiary/aromatic N) is 1. The maximum atomic E-state index is 11.8. The van der Waals surface area contributed by atoms with Crippen LogP contribution in [-0.4, -0.2) is 30.6 Å². The maximum Gasteiger partial charge on any atom is 0.307 e. The van der Waals surface area contributed by atoms with Gasteiger partial charge in [-0.1, -0.05) is 43.1 Å². The number of rotatable bonds is 7. The highest BCUT2D eigenvalue weighted by atomic mass is 35.5. The number of carbonyl (C=O) groups is 1. The van der Waals surface area contributed by atoms with Crippen LogP contribution < -0.4 is 0 Å². The minimum Gasteiger partial charge on any atom is -0.466 e. The molecular weight excluding hydrogens is 297 g/mol. The molecule has 0 aliphatic heterocycles. The first-order valence-corrected chi connectivity index (χ1v) is 7.63. The summed E-state index contributed by atoms with van der Waals surface area (Å²) in [6.45, 7) is 7.98. The second kappa shape index (κ2) is 8.50. The van der Waals surface area contributed by atoms with Crippen molar-refractivity contribution in [3.63, 3.8) is 0 Å². The molecule has 0 aliphatic carbocycles. The molecule has 0 saturated heterocycles. The Morgan fingerprint density at radius 3 is 2.40 bits per heavy atom. The van der Waals surface area contributed by atoms with Crippen molar-refractivity contribution >= 4 is 29.2 Å². The quantitative estimate of drug-likeness (QED) is 0.701. The first-order chi connectivity index (χ1) is 9.53. The van der Waals surface area contributed by atoms with E-state index in [4.69, 9.17) is 27.9 Å². The molecule has 1 aromatic rings. The molecule has 0 aromatic heterocycles. The number of hydrogen-bond acceptors (Lipinski definition) is 3. The van der Waals surface area contributed by atoms with Gasteiger partial charge in [-0.15, -0.1) is 0 Å². The van der Waals surface area contributed by atoms with Gasteiger partial charge >= 0.3 is 5.97 Å². The van der Waals surface area contributed by atoms with Gasteiger partial charge in [-0.3, -0.25) is 9.69 Å². The van der Waals surface area contributed by atoms with Gasteiger partial charge < -0.3 is 4.74 Å². The zero-order chi connectivity index (χ0) is 15.1. The predicted octanol–water partition coefficient (Wildman–Crippen LogP) is 4.33. The van der Waals surface area contributed by atoms with E-state index in [1.165, 1.54) is 0 Å². The van der Waals surface area contributed by atoms with Crippen LogP contribution in [-0.2, 0) is 9.53 Å². The summed E-state index contributed by atoms with van der Waals surface area (Å²) in [4.78, 5) is 14.0. The fraction of sp³-hybridized carbons (Fsp3) is 0.533. The average Bonchev–Trinajstić information content (AvgIpc) is 2.39. The average molecular weight is 318 g/mol. The summed E-state index contributed by atoms with van der Waals surface area (Å²) < 4.78 is 5.06. The molecule has 0 aliphatic rings. The van der Waals surface area contributed by atoms with Crippen molar-refractivity contribution < 1.29 is 9.53 Å². The van der Waals surface area contributed by atoms with Gasteiger partial charge in [0.15, 0.2) is 0 Å². The molecule has 20 heavy (non-hydrogen) atoms. The standard InChI is InChI=1S/C15H21Cl2NO2/c1-4-18(5-2)14(10-15(19)20-6-3)12-8-7-11(16)9-13(12)17/h7-9,14H,4-6,10H2,1-3H3. The van der Waals surface area contributed by atoms with E-state index in [-0.39, 0.29) is 18.4 Å². The summed E-state index contributed by atoms with van der Waals surface area (Å²) in [7, 11) is 0. The Labute approximate surface area is 130 Å². The third-order valence-electron chi connectivity index (χ3n) is 3.24. The summed E-state index contributed by atoms with van der Waals surface area (Å²) in [6.07, 6.45) is 0.289. The smallest absolute Gasteiger partial charge is 0.307 e. The fourth-order valence-electron chi connectivity index (χ4n) is 2.25. The van der Waals surface area contributed by atoms with E-state index in [0.29, 0.717) is 16.7 Å². The van der Waals surface area contributed by atoms with Gasteiger partial charge in [0.25, 0.3) is 0 Å². The molecule has 3 nitrogen and oxygen atoms in total. The molecule has 0 fully saturated rings. The lowest BCUT2D eigenvalue weighted by atomic mass is 10.0. The van der Waals surface area contributed by atoms with Crippen LogP contribution >= 0.6 is 23.2 Å². The van der Waals surface area contributed by atoms with E-state index in [0.717, 1.165) is 18.7 Å². The Kier molecular flexibility index (Phi) is 7.35. The number of ether oxygens (including phenoxy) is 1. The summed E-state index contributed by atoms with van der Waals surface area (Å²) in [5, 5.41) is 1.17. The van der Waals surface area contributed by atoms with Crippen molar-refractivity contribution in [3.05, 3.63) is 33.8 Å². The lowest BCUT2D eigenvalue weighted by Crippen LogP contribution is -2.31. The Morgan fingerprint density at radius 2 is 1.90 bits per heavy atom. The molecular formula is C15H21Cl2NO2. The summed E-state index contributed by atoms with van der Waals surface area (Å²) >= 11 is 12.2. The van der Waals surface area contributed by atoms with Gasteiger partial charge in [0.2, 0.25) is 0 Å². The molecule has 1 unspecified atom stereocenters. The molecule has 5 heteroatoms. The highest BCUT2D eigenvalue weighted by Gasteiger charge is 2.24. The number of benzene rings is 1. The lowest BCUT2D eigenvalue weighted by molar-refractivity contribution is -0.144. The zero-order valence-electron chi connectivity index (χ0n) is 12.2. The van der Waals surface area contributed by atoms with Crippen molar-refractivity contribution in [2.75, 3.05) is 19.7 Å². The molecule has 0 heterocycles. The second-order valence-electron chi connectivity index (χ2n) is 4.41. The van der Waals surface area contributed by atoms with E-state index in [1.807, 2.05) is 6.07 Å². The van der Waals surface area contributed by atoms with Gasteiger partial charge in [-0.25, -0.2) is 0 Å². The molecule has 112 valence electrons. The van der Waals surface area contributed by atoms with Crippen LogP contribution in [0.4, 0.5) is 0 Å². The van der Waals surface area contributed by atoms with Crippen molar-refractivity contribution in [1.29, 1.82) is 0 Å². The molecule has 1 atom stereocenters. The Balaban J connectivity index is 3.05. The SMILES string of the molecule is CCOC(=O)CC(c1ccc(Cl)cc1Cl)N(CC)CC. The van der Waals surface area contributed by atoms with Crippen LogP contribution in [0, 0.1) is 0 Å². The van der Waals surface area contributed by atoms with Gasteiger partial charge in [-0.05, 0) is 37.7 Å². The van der Waals surface area contributed by atoms with Gasteiger partial charge in [0.05, 0.1) is 13.0 Å². The van der Waals surface area contributed by atoms with E-state index < -0.39 is 0 Å². The van der Waals surface area contributed by atoms with Crippen molar-refractivity contribution in [3.8, 4) is 0 Å². The summed E-state index contributed by atoms with van der Waals surface area (Å²) in [5.74, 6) is -0.213. The van der Waals surface area contributed by atoms with Gasteiger partial charge in [0, 0.05) is 16.1 Å².